The third-order valence-corrected chi connectivity index (χ3v) is 3.88. The molecule has 27 heavy (non-hydrogen) atoms. The number of phenols is 1. The van der Waals surface area contributed by atoms with Crippen molar-refractivity contribution < 1.29 is 28.5 Å². The van der Waals surface area contributed by atoms with Crippen LogP contribution in [0.1, 0.15) is 5.56 Å². The van der Waals surface area contributed by atoms with E-state index in [-0.39, 0.29) is 23.6 Å². The summed E-state index contributed by atoms with van der Waals surface area (Å²) in [6.45, 7) is -0.422. The van der Waals surface area contributed by atoms with Gasteiger partial charge in [-0.15, -0.1) is 10.2 Å². The molecule has 0 saturated carbocycles. The third-order valence-electron chi connectivity index (χ3n) is 3.88. The summed E-state index contributed by atoms with van der Waals surface area (Å²) >= 11 is 0. The minimum atomic E-state index is -4.57. The van der Waals surface area contributed by atoms with Crippen molar-refractivity contribution in [3.05, 3.63) is 42.2 Å². The topological polar surface area (TPSA) is 111 Å². The Bertz CT molecular complexity index is 966. The smallest absolute Gasteiger partial charge is 0.416 e. The molecular weight excluding hydrogens is 365 g/mol. The van der Waals surface area contributed by atoms with Gasteiger partial charge in [-0.2, -0.15) is 13.2 Å². The Hall–Kier alpha value is -2.98. The molecule has 0 aliphatic heterocycles. The van der Waals surface area contributed by atoms with E-state index in [0.717, 1.165) is 12.1 Å². The maximum absolute atomic E-state index is 12.8. The van der Waals surface area contributed by atoms with Crippen molar-refractivity contribution >= 4 is 16.6 Å². The van der Waals surface area contributed by atoms with Crippen LogP contribution in [0.4, 0.5) is 19.0 Å². The molecule has 0 fully saturated rings. The highest BCUT2D eigenvalue weighted by atomic mass is 19.4. The molecule has 142 valence electrons. The molecule has 1 unspecified atom stereocenters. The Morgan fingerprint density at radius 1 is 1.11 bits per heavy atom. The molecule has 0 radical (unpaired) electrons. The van der Waals surface area contributed by atoms with Crippen molar-refractivity contribution in [1.29, 1.82) is 0 Å². The normalized spacial score (nSPS) is 12.9. The summed E-state index contributed by atoms with van der Waals surface area (Å²) in [6, 6.07) is 4.20. The average Bonchev–Trinajstić information content (AvgIpc) is 2.65. The van der Waals surface area contributed by atoms with Gasteiger partial charge in [0, 0.05) is 35.3 Å². The highest BCUT2D eigenvalue weighted by Gasteiger charge is 2.31. The van der Waals surface area contributed by atoms with Crippen LogP contribution >= 0.6 is 0 Å². The number of hydrogen-bond acceptors (Lipinski definition) is 7. The first-order valence-electron chi connectivity index (χ1n) is 7.85. The molecule has 10 heteroatoms. The van der Waals surface area contributed by atoms with Crippen LogP contribution in [0.15, 0.2) is 36.7 Å². The van der Waals surface area contributed by atoms with Gasteiger partial charge in [0.25, 0.3) is 0 Å². The van der Waals surface area contributed by atoms with Crippen LogP contribution in [0.5, 0.6) is 5.75 Å². The van der Waals surface area contributed by atoms with E-state index in [2.05, 4.69) is 20.5 Å². The molecule has 0 aliphatic rings. The number of aliphatic hydroxyl groups is 2. The first-order valence-corrected chi connectivity index (χ1v) is 7.85. The van der Waals surface area contributed by atoms with Gasteiger partial charge in [-0.1, -0.05) is 0 Å². The lowest BCUT2D eigenvalue weighted by atomic mass is 10.0. The number of pyridine rings is 1. The first kappa shape index (κ1) is 18.8. The van der Waals surface area contributed by atoms with E-state index in [4.69, 9.17) is 5.11 Å². The van der Waals surface area contributed by atoms with Crippen molar-refractivity contribution in [2.45, 2.75) is 12.3 Å². The molecule has 4 N–H and O–H groups in total. The third kappa shape index (κ3) is 3.91. The Kier molecular flexibility index (Phi) is 5.10. The Morgan fingerprint density at radius 2 is 1.89 bits per heavy atom. The number of aliphatic hydroxyl groups excluding tert-OH is 2. The summed E-state index contributed by atoms with van der Waals surface area (Å²) in [5.41, 5.74) is -0.695. The van der Waals surface area contributed by atoms with Crippen LogP contribution in [0.3, 0.4) is 0 Å². The number of benzene rings is 1. The van der Waals surface area contributed by atoms with E-state index in [9.17, 15) is 23.4 Å². The number of rotatable bonds is 5. The second-order valence-electron chi connectivity index (χ2n) is 5.77. The molecule has 3 aromatic rings. The standard InChI is InChI=1S/C17H15F3N4O3/c18-17(19,20)9-1-2-12(14(27)5-9)15-11-3-4-21-7-13(11)16(24-23-15)22-6-10(26)8-25/h1-5,7,10,25-27H,6,8H2,(H,22,24). The summed E-state index contributed by atoms with van der Waals surface area (Å²) in [7, 11) is 0. The van der Waals surface area contributed by atoms with E-state index < -0.39 is 30.2 Å². The maximum atomic E-state index is 12.8. The van der Waals surface area contributed by atoms with Crippen molar-refractivity contribution in [3.63, 3.8) is 0 Å². The van der Waals surface area contributed by atoms with Crippen LogP contribution in [0, 0.1) is 0 Å². The van der Waals surface area contributed by atoms with Crippen LogP contribution in [0.25, 0.3) is 22.0 Å². The van der Waals surface area contributed by atoms with Gasteiger partial charge in [-0.05, 0) is 24.3 Å². The van der Waals surface area contributed by atoms with E-state index in [1.807, 2.05) is 0 Å². The molecule has 0 aliphatic carbocycles. The molecule has 1 aromatic carbocycles. The summed E-state index contributed by atoms with van der Waals surface area (Å²) in [5.74, 6) is -0.297. The predicted molar refractivity (Wildman–Crippen MR) is 91.0 cm³/mol. The van der Waals surface area contributed by atoms with Gasteiger partial charge in [-0.25, -0.2) is 0 Å². The van der Waals surface area contributed by atoms with Crippen molar-refractivity contribution in [1.82, 2.24) is 15.2 Å². The largest absolute Gasteiger partial charge is 0.507 e. The van der Waals surface area contributed by atoms with E-state index in [0.29, 0.717) is 16.8 Å². The second-order valence-corrected chi connectivity index (χ2v) is 5.77. The summed E-state index contributed by atoms with van der Waals surface area (Å²) < 4.78 is 38.4. The zero-order valence-corrected chi connectivity index (χ0v) is 13.8. The van der Waals surface area contributed by atoms with Gasteiger partial charge in [0.2, 0.25) is 0 Å². The molecule has 2 aromatic heterocycles. The lowest BCUT2D eigenvalue weighted by Crippen LogP contribution is -2.23. The van der Waals surface area contributed by atoms with Crippen LogP contribution in [-0.4, -0.2) is 49.8 Å². The van der Waals surface area contributed by atoms with Crippen LogP contribution in [0.2, 0.25) is 0 Å². The highest BCUT2D eigenvalue weighted by molar-refractivity contribution is 6.00. The van der Waals surface area contributed by atoms with Gasteiger partial charge in [0.15, 0.2) is 5.82 Å². The number of aromatic nitrogens is 3. The highest BCUT2D eigenvalue weighted by Crippen LogP contribution is 2.38. The number of fused-ring (bicyclic) bond motifs is 1. The summed E-state index contributed by atoms with van der Waals surface area (Å²) in [5, 5.41) is 40.2. The zero-order valence-electron chi connectivity index (χ0n) is 13.8. The Morgan fingerprint density at radius 3 is 2.56 bits per heavy atom. The Balaban J connectivity index is 2.06. The minimum absolute atomic E-state index is 0.0139. The molecule has 7 nitrogen and oxygen atoms in total. The minimum Gasteiger partial charge on any atom is -0.507 e. The number of halogens is 3. The van der Waals surface area contributed by atoms with Gasteiger partial charge < -0.3 is 20.6 Å². The molecule has 1 atom stereocenters. The van der Waals surface area contributed by atoms with E-state index >= 15 is 0 Å². The second kappa shape index (κ2) is 7.33. The first-order chi connectivity index (χ1) is 12.8. The molecule has 0 bridgehead atoms. The number of nitrogens with zero attached hydrogens (tertiary/aromatic N) is 3. The average molecular weight is 380 g/mol. The fourth-order valence-corrected chi connectivity index (χ4v) is 2.51. The van der Waals surface area contributed by atoms with Gasteiger partial charge in [0.05, 0.1) is 18.3 Å². The monoisotopic (exact) mass is 380 g/mol. The number of alkyl halides is 3. The fraction of sp³-hybridized carbons (Fsp3) is 0.235. The van der Waals surface area contributed by atoms with Crippen molar-refractivity contribution in [3.8, 4) is 17.0 Å². The molecular formula is C17H15F3N4O3. The number of nitrogens with one attached hydrogen (secondary N) is 1. The SMILES string of the molecule is OCC(O)CNc1nnc(-c2ccc(C(F)(F)F)cc2O)c2ccncc12. The number of phenolic OH excluding ortho intramolecular Hbond substituents is 1. The predicted octanol–water partition coefficient (Wildman–Crippen LogP) is 2.18. The van der Waals surface area contributed by atoms with E-state index in [1.54, 1.807) is 6.07 Å². The molecule has 0 amide bonds. The molecule has 0 saturated heterocycles. The number of aromatic hydroxyl groups is 1. The van der Waals surface area contributed by atoms with Crippen molar-refractivity contribution in [2.24, 2.45) is 0 Å². The van der Waals surface area contributed by atoms with Crippen molar-refractivity contribution in [2.75, 3.05) is 18.5 Å². The molecule has 2 heterocycles. The lowest BCUT2D eigenvalue weighted by Gasteiger charge is -2.14. The van der Waals surface area contributed by atoms with Crippen LogP contribution < -0.4 is 5.32 Å². The lowest BCUT2D eigenvalue weighted by molar-refractivity contribution is -0.137. The maximum Gasteiger partial charge on any atom is 0.416 e. The molecule has 0 spiro atoms. The van der Waals surface area contributed by atoms with E-state index in [1.165, 1.54) is 12.4 Å². The van der Waals surface area contributed by atoms with Crippen LogP contribution in [-0.2, 0) is 6.18 Å². The Labute approximate surface area is 151 Å². The fourth-order valence-electron chi connectivity index (χ4n) is 2.51. The number of anilines is 1. The van der Waals surface area contributed by atoms with Gasteiger partial charge in [-0.3, -0.25) is 4.98 Å². The molecule has 3 rings (SSSR count). The number of hydrogen-bond donors (Lipinski definition) is 4. The quantitative estimate of drug-likeness (QED) is 0.537. The van der Waals surface area contributed by atoms with Gasteiger partial charge >= 0.3 is 6.18 Å². The van der Waals surface area contributed by atoms with Gasteiger partial charge in [0.1, 0.15) is 11.4 Å². The summed E-state index contributed by atoms with van der Waals surface area (Å²) in [4.78, 5) is 3.99. The summed E-state index contributed by atoms with van der Waals surface area (Å²) in [6.07, 6.45) is -2.63. The zero-order chi connectivity index (χ0) is 19.6.